The van der Waals surface area contributed by atoms with Crippen LogP contribution in [0.4, 0.5) is 0 Å². The number of thiol groups is 1. The minimum atomic E-state index is 0.239. The van der Waals surface area contributed by atoms with Gasteiger partial charge in [-0.25, -0.2) is 0 Å². The minimum Gasteiger partial charge on any atom is -0.378 e. The predicted octanol–water partition coefficient (Wildman–Crippen LogP) is 0.801. The smallest absolute Gasteiger partial charge is 0.222 e. The molecule has 0 spiro atoms. The minimum absolute atomic E-state index is 0.239. The maximum atomic E-state index is 11.0. The summed E-state index contributed by atoms with van der Waals surface area (Å²) in [7, 11) is 0. The lowest BCUT2D eigenvalue weighted by Crippen LogP contribution is -2.40. The van der Waals surface area contributed by atoms with Crippen LogP contribution in [-0.4, -0.2) is 43.4 Å². The summed E-state index contributed by atoms with van der Waals surface area (Å²) in [6, 6.07) is 0. The highest BCUT2D eigenvalue weighted by Crippen LogP contribution is 1.98. The Morgan fingerprint density at radius 1 is 1.42 bits per heavy atom. The van der Waals surface area contributed by atoms with E-state index >= 15 is 0 Å². The second-order valence-corrected chi connectivity index (χ2v) is 2.35. The molecule has 0 aromatic rings. The quantitative estimate of drug-likeness (QED) is 0.621. The van der Waals surface area contributed by atoms with Gasteiger partial charge in [0.15, 0.2) is 0 Å². The summed E-state index contributed by atoms with van der Waals surface area (Å²) in [5.74, 6) is 0.239. The Morgan fingerprint density at radius 3 is 2.33 bits per heavy atom. The molecule has 1 fully saturated rings. The number of hydrogen-bond donors (Lipinski definition) is 1. The number of hydrogen-bond acceptors (Lipinski definition) is 3. The zero-order valence-corrected chi connectivity index (χ0v) is 8.64. The van der Waals surface area contributed by atoms with Crippen molar-refractivity contribution in [3.63, 3.8) is 0 Å². The van der Waals surface area contributed by atoms with Crippen molar-refractivity contribution < 1.29 is 9.53 Å². The van der Waals surface area contributed by atoms with E-state index in [1.165, 1.54) is 0 Å². The summed E-state index contributed by atoms with van der Waals surface area (Å²) in [6.45, 7) is 4.83. The number of nitrogens with zero attached hydrogens (tertiary/aromatic N) is 1. The van der Waals surface area contributed by atoms with Crippen molar-refractivity contribution in [1.82, 2.24) is 4.90 Å². The zero-order valence-electron chi connectivity index (χ0n) is 7.75. The lowest BCUT2D eigenvalue weighted by Gasteiger charge is -2.26. The average Bonchev–Trinajstić information content (AvgIpc) is 2.21. The van der Waals surface area contributed by atoms with Crippen molar-refractivity contribution in [2.24, 2.45) is 0 Å². The van der Waals surface area contributed by atoms with Gasteiger partial charge in [-0.3, -0.25) is 4.79 Å². The van der Waals surface area contributed by atoms with Crippen LogP contribution < -0.4 is 0 Å². The van der Waals surface area contributed by atoms with Crippen LogP contribution in [-0.2, 0) is 9.53 Å². The Kier molecular flexibility index (Phi) is 7.29. The molecule has 0 aliphatic carbocycles. The van der Waals surface area contributed by atoms with E-state index in [1.54, 1.807) is 6.26 Å². The Hall–Kier alpha value is -0.220. The molecule has 0 N–H and O–H groups in total. The second-order valence-electron chi connectivity index (χ2n) is 2.35. The van der Waals surface area contributed by atoms with Gasteiger partial charge in [-0.05, 0) is 6.26 Å². The summed E-state index contributed by atoms with van der Waals surface area (Å²) in [6.07, 6.45) is 2.31. The zero-order chi connectivity index (χ0) is 9.40. The molecule has 4 heteroatoms. The normalized spacial score (nSPS) is 16.4. The van der Waals surface area contributed by atoms with Crippen LogP contribution in [0.5, 0.6) is 0 Å². The fourth-order valence-corrected chi connectivity index (χ4v) is 1.04. The van der Waals surface area contributed by atoms with Crippen molar-refractivity contribution >= 4 is 18.5 Å². The van der Waals surface area contributed by atoms with Crippen molar-refractivity contribution in [3.05, 3.63) is 0 Å². The van der Waals surface area contributed by atoms with Crippen LogP contribution in [0.1, 0.15) is 13.3 Å². The maximum Gasteiger partial charge on any atom is 0.222 e. The summed E-state index contributed by atoms with van der Waals surface area (Å²) >= 11 is 3.53. The first-order valence-electron chi connectivity index (χ1n) is 4.15. The number of amides is 1. The average molecular weight is 191 g/mol. The molecule has 0 radical (unpaired) electrons. The van der Waals surface area contributed by atoms with Crippen molar-refractivity contribution in [2.45, 2.75) is 13.3 Å². The molecule has 0 aromatic heterocycles. The Labute approximate surface area is 79.5 Å². The molecule has 1 aliphatic heterocycles. The molecule has 3 nitrogen and oxygen atoms in total. The van der Waals surface area contributed by atoms with Crippen molar-refractivity contribution in [3.8, 4) is 0 Å². The van der Waals surface area contributed by atoms with E-state index < -0.39 is 0 Å². The molecule has 0 atom stereocenters. The van der Waals surface area contributed by atoms with E-state index in [1.807, 2.05) is 11.8 Å². The molecular formula is C8H17NO2S. The first-order valence-corrected chi connectivity index (χ1v) is 5.04. The predicted molar refractivity (Wildman–Crippen MR) is 52.6 cm³/mol. The lowest BCUT2D eigenvalue weighted by atomic mass is 10.3. The van der Waals surface area contributed by atoms with Crippen LogP contribution in [0.25, 0.3) is 0 Å². The van der Waals surface area contributed by atoms with E-state index in [0.717, 1.165) is 13.1 Å². The van der Waals surface area contributed by atoms with Gasteiger partial charge in [0.1, 0.15) is 0 Å². The Bertz CT molecular complexity index is 124. The van der Waals surface area contributed by atoms with Crippen molar-refractivity contribution in [2.75, 3.05) is 32.6 Å². The van der Waals surface area contributed by atoms with Crippen LogP contribution in [0.2, 0.25) is 0 Å². The number of carbonyl (C=O) groups excluding carboxylic acids is 1. The maximum absolute atomic E-state index is 11.0. The van der Waals surface area contributed by atoms with E-state index in [0.29, 0.717) is 19.6 Å². The van der Waals surface area contributed by atoms with E-state index in [4.69, 9.17) is 4.74 Å². The Morgan fingerprint density at radius 2 is 1.92 bits per heavy atom. The third-order valence-corrected chi connectivity index (χ3v) is 1.67. The van der Waals surface area contributed by atoms with Gasteiger partial charge in [-0.2, -0.15) is 12.6 Å². The van der Waals surface area contributed by atoms with Crippen LogP contribution in [0, 0.1) is 0 Å². The molecule has 1 rings (SSSR count). The number of rotatable bonds is 1. The van der Waals surface area contributed by atoms with Gasteiger partial charge in [0.25, 0.3) is 0 Å². The highest BCUT2D eigenvalue weighted by molar-refractivity contribution is 7.79. The van der Waals surface area contributed by atoms with Gasteiger partial charge in [-0.1, -0.05) is 6.92 Å². The molecule has 0 unspecified atom stereocenters. The molecular weight excluding hydrogens is 174 g/mol. The van der Waals surface area contributed by atoms with Crippen LogP contribution in [0.3, 0.4) is 0 Å². The van der Waals surface area contributed by atoms with Gasteiger partial charge in [0, 0.05) is 19.5 Å². The van der Waals surface area contributed by atoms with Crippen LogP contribution >= 0.6 is 12.6 Å². The molecule has 1 aliphatic rings. The fraction of sp³-hybridized carbons (Fsp3) is 0.875. The second kappa shape index (κ2) is 7.43. The number of morpholine rings is 1. The third-order valence-electron chi connectivity index (χ3n) is 1.67. The van der Waals surface area contributed by atoms with Gasteiger partial charge in [-0.15, -0.1) is 0 Å². The summed E-state index contributed by atoms with van der Waals surface area (Å²) in [4.78, 5) is 12.9. The molecule has 0 bridgehead atoms. The fourth-order valence-electron chi connectivity index (χ4n) is 1.04. The van der Waals surface area contributed by atoms with E-state index in [2.05, 4.69) is 12.6 Å². The van der Waals surface area contributed by atoms with Gasteiger partial charge in [0.05, 0.1) is 13.2 Å². The highest BCUT2D eigenvalue weighted by atomic mass is 32.1. The Balaban J connectivity index is 0.000000561. The SMILES string of the molecule is CCC(=O)N1CCOCC1.CS. The van der Waals surface area contributed by atoms with Gasteiger partial charge in [0.2, 0.25) is 5.91 Å². The molecule has 0 aromatic carbocycles. The highest BCUT2D eigenvalue weighted by Gasteiger charge is 2.13. The number of ether oxygens (including phenoxy) is 1. The topological polar surface area (TPSA) is 29.5 Å². The largest absolute Gasteiger partial charge is 0.378 e. The third kappa shape index (κ3) is 3.97. The van der Waals surface area contributed by atoms with Gasteiger partial charge < -0.3 is 9.64 Å². The lowest BCUT2D eigenvalue weighted by molar-refractivity contribution is -0.134. The summed E-state index contributed by atoms with van der Waals surface area (Å²) < 4.78 is 5.10. The molecule has 1 saturated heterocycles. The molecule has 1 heterocycles. The molecule has 12 heavy (non-hydrogen) atoms. The summed E-state index contributed by atoms with van der Waals surface area (Å²) in [5.41, 5.74) is 0. The monoisotopic (exact) mass is 191 g/mol. The van der Waals surface area contributed by atoms with E-state index in [-0.39, 0.29) is 5.91 Å². The summed E-state index contributed by atoms with van der Waals surface area (Å²) in [5, 5.41) is 0. The molecule has 0 saturated carbocycles. The van der Waals surface area contributed by atoms with Gasteiger partial charge >= 0.3 is 0 Å². The number of carbonyl (C=O) groups is 1. The standard InChI is InChI=1S/C7H13NO2.CH4S/c1-2-7(9)8-3-5-10-6-4-8;1-2/h2-6H2,1H3;2H,1H3. The molecule has 1 amide bonds. The van der Waals surface area contributed by atoms with E-state index in [9.17, 15) is 4.79 Å². The first-order chi connectivity index (χ1) is 5.84. The van der Waals surface area contributed by atoms with Crippen LogP contribution in [0.15, 0.2) is 0 Å². The molecule has 72 valence electrons. The first kappa shape index (κ1) is 11.8. The van der Waals surface area contributed by atoms with Crippen molar-refractivity contribution in [1.29, 1.82) is 0 Å².